The smallest absolute Gasteiger partial charge is 0.331 e. The van der Waals surface area contributed by atoms with E-state index < -0.39 is 43.7 Å². The topological polar surface area (TPSA) is 103 Å². The minimum Gasteiger partial charge on any atom is -0.331 e. The predicted molar refractivity (Wildman–Crippen MR) is 118 cm³/mol. The highest BCUT2D eigenvalue weighted by Crippen LogP contribution is 2.34. The SMILES string of the molecule is CS(=O)(=NC(=O)Cc1cn2ccc(-c3noc(C(F)(F)Cl)n3)cc2n1)c1ccc(C(F)(F)F)cc1Cl. The second-order valence-corrected chi connectivity index (χ2v) is 10.6. The van der Waals surface area contributed by atoms with E-state index in [2.05, 4.69) is 24.0 Å². The van der Waals surface area contributed by atoms with E-state index >= 15 is 0 Å². The molecule has 1 aromatic carbocycles. The molecule has 0 aliphatic carbocycles. The summed E-state index contributed by atoms with van der Waals surface area (Å²) in [7, 11) is -3.46. The normalized spacial score (nSPS) is 14.1. The molecular formula is C20H12Cl2F5N5O3S. The van der Waals surface area contributed by atoms with Crippen molar-refractivity contribution in [3.8, 4) is 11.4 Å². The first-order valence-corrected chi connectivity index (χ1v) is 12.3. The molecule has 4 aromatic rings. The standard InChI is InChI=1S/C20H12Cl2F5N5O3S/c1-36(34,14-3-2-11(7-13(14)21)20(25,26)27)31-16(33)8-12-9-32-5-4-10(6-15(32)28-12)17-29-18(35-30-17)19(22,23)24/h2-7,9H,8H2,1H3. The largest absolute Gasteiger partial charge is 0.416 e. The van der Waals surface area contributed by atoms with Gasteiger partial charge in [0.25, 0.3) is 5.91 Å². The molecule has 0 N–H and O–H groups in total. The summed E-state index contributed by atoms with van der Waals surface area (Å²) >= 11 is 10.7. The molecule has 0 aliphatic heterocycles. The number of imidazole rings is 1. The number of rotatable bonds is 5. The van der Waals surface area contributed by atoms with Crippen LogP contribution in [0, 0.1) is 0 Å². The van der Waals surface area contributed by atoms with E-state index in [1.54, 1.807) is 0 Å². The molecule has 1 unspecified atom stereocenters. The first kappa shape index (κ1) is 26.0. The molecule has 0 fully saturated rings. The summed E-state index contributed by atoms with van der Waals surface area (Å²) in [5.74, 6) is -2.09. The zero-order chi connectivity index (χ0) is 26.5. The maximum absolute atomic E-state index is 13.1. The van der Waals surface area contributed by atoms with Crippen LogP contribution in [-0.4, -0.2) is 35.9 Å². The van der Waals surface area contributed by atoms with Gasteiger partial charge in [0.2, 0.25) is 5.82 Å². The van der Waals surface area contributed by atoms with Crippen molar-refractivity contribution < 1.29 is 35.5 Å². The van der Waals surface area contributed by atoms with Crippen molar-refractivity contribution in [1.82, 2.24) is 19.5 Å². The molecule has 0 bridgehead atoms. The summed E-state index contributed by atoms with van der Waals surface area (Å²) in [6.07, 6.45) is -0.968. The molecule has 8 nitrogen and oxygen atoms in total. The number of fused-ring (bicyclic) bond motifs is 1. The number of hydrogen-bond donors (Lipinski definition) is 0. The van der Waals surface area contributed by atoms with Gasteiger partial charge in [0, 0.05) is 24.2 Å². The van der Waals surface area contributed by atoms with Crippen LogP contribution >= 0.6 is 23.2 Å². The first-order chi connectivity index (χ1) is 16.6. The minimum atomic E-state index is -4.64. The van der Waals surface area contributed by atoms with Crippen LogP contribution in [0.5, 0.6) is 0 Å². The Morgan fingerprint density at radius 3 is 2.50 bits per heavy atom. The van der Waals surface area contributed by atoms with Crippen molar-refractivity contribution in [2.24, 2.45) is 4.36 Å². The van der Waals surface area contributed by atoms with E-state index in [0.717, 1.165) is 12.3 Å². The van der Waals surface area contributed by atoms with Crippen LogP contribution in [0.1, 0.15) is 17.1 Å². The number of carbonyl (C=O) groups excluding carboxylic acids is 1. The van der Waals surface area contributed by atoms with Gasteiger partial charge in [0.15, 0.2) is 0 Å². The van der Waals surface area contributed by atoms with Crippen LogP contribution in [-0.2, 0) is 32.5 Å². The lowest BCUT2D eigenvalue weighted by molar-refractivity contribution is -0.137. The van der Waals surface area contributed by atoms with E-state index in [0.29, 0.717) is 17.8 Å². The predicted octanol–water partition coefficient (Wildman–Crippen LogP) is 5.57. The molecule has 190 valence electrons. The number of hydrogen-bond acceptors (Lipinski definition) is 6. The second kappa shape index (κ2) is 9.09. The summed E-state index contributed by atoms with van der Waals surface area (Å²) in [5, 5.41) is -0.822. The third kappa shape index (κ3) is 5.50. The lowest BCUT2D eigenvalue weighted by atomic mass is 10.2. The Morgan fingerprint density at radius 2 is 1.89 bits per heavy atom. The summed E-state index contributed by atoms with van der Waals surface area (Å²) in [6, 6.07) is 5.15. The molecule has 36 heavy (non-hydrogen) atoms. The monoisotopic (exact) mass is 567 g/mol. The number of halogens is 7. The highest BCUT2D eigenvalue weighted by atomic mass is 35.5. The van der Waals surface area contributed by atoms with Crippen LogP contribution in [0.3, 0.4) is 0 Å². The Labute approximate surface area is 209 Å². The van der Waals surface area contributed by atoms with E-state index in [1.165, 1.54) is 28.9 Å². The number of benzene rings is 1. The van der Waals surface area contributed by atoms with Gasteiger partial charge in [0.05, 0.1) is 37.3 Å². The van der Waals surface area contributed by atoms with Crippen molar-refractivity contribution in [3.63, 3.8) is 0 Å². The number of aromatic nitrogens is 4. The molecule has 3 aromatic heterocycles. The van der Waals surface area contributed by atoms with Crippen molar-refractivity contribution in [2.75, 3.05) is 6.26 Å². The molecule has 1 atom stereocenters. The summed E-state index contributed by atoms with van der Waals surface area (Å²) in [6.45, 7) is 0. The number of amides is 1. The Kier molecular flexibility index (Phi) is 6.56. The zero-order valence-electron chi connectivity index (χ0n) is 17.8. The van der Waals surface area contributed by atoms with E-state index in [4.69, 9.17) is 23.2 Å². The van der Waals surface area contributed by atoms with Gasteiger partial charge < -0.3 is 8.92 Å². The van der Waals surface area contributed by atoms with E-state index in [9.17, 15) is 31.0 Å². The Hall–Kier alpha value is -3.10. The lowest BCUT2D eigenvalue weighted by Gasteiger charge is -2.10. The van der Waals surface area contributed by atoms with Gasteiger partial charge in [-0.1, -0.05) is 16.8 Å². The number of carbonyl (C=O) groups is 1. The zero-order valence-corrected chi connectivity index (χ0v) is 20.1. The highest BCUT2D eigenvalue weighted by molar-refractivity contribution is 7.93. The van der Waals surface area contributed by atoms with Crippen molar-refractivity contribution in [1.29, 1.82) is 0 Å². The molecule has 0 saturated carbocycles. The van der Waals surface area contributed by atoms with Gasteiger partial charge in [-0.05, 0) is 41.9 Å². The third-order valence-electron chi connectivity index (χ3n) is 4.71. The lowest BCUT2D eigenvalue weighted by Crippen LogP contribution is -2.09. The number of pyridine rings is 1. The van der Waals surface area contributed by atoms with Crippen molar-refractivity contribution in [2.45, 2.75) is 22.9 Å². The third-order valence-corrected chi connectivity index (χ3v) is 7.02. The van der Waals surface area contributed by atoms with Gasteiger partial charge in [-0.3, -0.25) is 4.79 Å². The number of alkyl halides is 6. The fourth-order valence-electron chi connectivity index (χ4n) is 3.13. The fourth-order valence-corrected chi connectivity index (χ4v) is 5.11. The van der Waals surface area contributed by atoms with Gasteiger partial charge in [0.1, 0.15) is 5.65 Å². The molecule has 16 heteroatoms. The number of nitrogens with zero attached hydrogens (tertiary/aromatic N) is 5. The van der Waals surface area contributed by atoms with Gasteiger partial charge >= 0.3 is 17.4 Å². The molecule has 0 radical (unpaired) electrons. The summed E-state index contributed by atoms with van der Waals surface area (Å²) in [4.78, 5) is 20.0. The summed E-state index contributed by atoms with van der Waals surface area (Å²) in [5.41, 5.74) is -0.242. The van der Waals surface area contributed by atoms with Crippen LogP contribution in [0.2, 0.25) is 5.02 Å². The average Bonchev–Trinajstić information content (AvgIpc) is 3.38. The minimum absolute atomic E-state index is 0.164. The molecule has 0 saturated heterocycles. The second-order valence-electron chi connectivity index (χ2n) is 7.44. The molecule has 1 amide bonds. The van der Waals surface area contributed by atoms with Crippen LogP contribution in [0.4, 0.5) is 22.0 Å². The highest BCUT2D eigenvalue weighted by Gasteiger charge is 2.36. The van der Waals surface area contributed by atoms with Gasteiger partial charge in [-0.15, -0.1) is 0 Å². The fraction of sp³-hybridized carbons (Fsp3) is 0.200. The maximum atomic E-state index is 13.1. The van der Waals surface area contributed by atoms with E-state index in [1.807, 2.05) is 0 Å². The Bertz CT molecular complexity index is 1600. The molecule has 0 spiro atoms. The Balaban J connectivity index is 1.57. The van der Waals surface area contributed by atoms with E-state index in [-0.39, 0.29) is 28.4 Å². The molecular weight excluding hydrogens is 556 g/mol. The van der Waals surface area contributed by atoms with Gasteiger partial charge in [-0.25, -0.2) is 9.19 Å². The van der Waals surface area contributed by atoms with Crippen LogP contribution in [0.15, 0.2) is 56.5 Å². The maximum Gasteiger partial charge on any atom is 0.416 e. The first-order valence-electron chi connectivity index (χ1n) is 9.64. The molecule has 0 aliphatic rings. The Morgan fingerprint density at radius 1 is 1.17 bits per heavy atom. The molecule has 3 heterocycles. The van der Waals surface area contributed by atoms with Crippen molar-refractivity contribution in [3.05, 3.63) is 64.9 Å². The molecule has 4 rings (SSSR count). The van der Waals surface area contributed by atoms with Crippen LogP contribution < -0.4 is 0 Å². The quantitative estimate of drug-likeness (QED) is 0.231. The van der Waals surface area contributed by atoms with Crippen LogP contribution in [0.25, 0.3) is 17.0 Å². The van der Waals surface area contributed by atoms with Crippen molar-refractivity contribution >= 4 is 44.5 Å². The average molecular weight is 568 g/mol. The summed E-state index contributed by atoms with van der Waals surface area (Å²) < 4.78 is 87.3. The van der Waals surface area contributed by atoms with Gasteiger partial charge in [-0.2, -0.15) is 31.3 Å².